The Bertz CT molecular complexity index is 272. The molecule has 0 spiro atoms. The van der Waals surface area contributed by atoms with Crippen LogP contribution in [0.3, 0.4) is 0 Å². The van der Waals surface area contributed by atoms with E-state index in [1.165, 1.54) is 11.5 Å². The van der Waals surface area contributed by atoms with Crippen LogP contribution in [0.1, 0.15) is 26.5 Å². The summed E-state index contributed by atoms with van der Waals surface area (Å²) in [5.41, 5.74) is 1.34. The second-order valence-corrected chi connectivity index (χ2v) is 4.31. The third-order valence-corrected chi connectivity index (χ3v) is 2.18. The van der Waals surface area contributed by atoms with Gasteiger partial charge in [-0.15, -0.1) is 0 Å². The minimum Gasteiger partial charge on any atom is -0.368 e. The van der Waals surface area contributed by atoms with Crippen LogP contribution in [0.5, 0.6) is 0 Å². The summed E-state index contributed by atoms with van der Waals surface area (Å²) in [4.78, 5) is 0. The molecule has 0 radical (unpaired) electrons. The summed E-state index contributed by atoms with van der Waals surface area (Å²) in [6.45, 7) is 8.58. The van der Waals surface area contributed by atoms with Crippen LogP contribution in [0.15, 0.2) is 6.07 Å². The molecule has 0 saturated heterocycles. The Morgan fingerprint density at radius 1 is 1.50 bits per heavy atom. The van der Waals surface area contributed by atoms with Crippen molar-refractivity contribution in [2.45, 2.75) is 32.7 Å². The van der Waals surface area contributed by atoms with E-state index in [0.717, 1.165) is 13.1 Å². The minimum absolute atomic E-state index is 0.166. The first kappa shape index (κ1) is 7.65. The molecule has 0 amide bonds. The van der Waals surface area contributed by atoms with Gasteiger partial charge in [0, 0.05) is 18.0 Å². The fourth-order valence-electron chi connectivity index (χ4n) is 1.39. The first-order valence-electron chi connectivity index (χ1n) is 4.39. The molecule has 0 bridgehead atoms. The van der Waals surface area contributed by atoms with Crippen molar-refractivity contribution >= 4 is 5.82 Å². The van der Waals surface area contributed by atoms with E-state index in [0.29, 0.717) is 0 Å². The van der Waals surface area contributed by atoms with Gasteiger partial charge in [-0.05, 0) is 0 Å². The van der Waals surface area contributed by atoms with E-state index in [4.69, 9.17) is 0 Å². The van der Waals surface area contributed by atoms with Gasteiger partial charge >= 0.3 is 0 Å². The fourth-order valence-corrected chi connectivity index (χ4v) is 1.39. The van der Waals surface area contributed by atoms with E-state index in [-0.39, 0.29) is 5.41 Å². The van der Waals surface area contributed by atoms with E-state index >= 15 is 0 Å². The van der Waals surface area contributed by atoms with Crippen LogP contribution in [0.2, 0.25) is 0 Å². The zero-order valence-electron chi connectivity index (χ0n) is 7.89. The first-order chi connectivity index (χ1) is 5.57. The molecule has 66 valence electrons. The van der Waals surface area contributed by atoms with Crippen molar-refractivity contribution in [3.8, 4) is 0 Å². The Morgan fingerprint density at radius 2 is 2.25 bits per heavy atom. The second-order valence-electron chi connectivity index (χ2n) is 4.31. The molecule has 3 nitrogen and oxygen atoms in total. The van der Waals surface area contributed by atoms with Gasteiger partial charge in [0.2, 0.25) is 0 Å². The van der Waals surface area contributed by atoms with Crippen LogP contribution in [-0.4, -0.2) is 16.3 Å². The molecule has 2 rings (SSSR count). The van der Waals surface area contributed by atoms with E-state index < -0.39 is 0 Å². The van der Waals surface area contributed by atoms with Crippen molar-refractivity contribution in [1.29, 1.82) is 0 Å². The maximum absolute atomic E-state index is 4.52. The molecule has 1 aliphatic rings. The predicted molar refractivity (Wildman–Crippen MR) is 49.4 cm³/mol. The average molecular weight is 165 g/mol. The van der Waals surface area contributed by atoms with Crippen molar-refractivity contribution in [2.24, 2.45) is 0 Å². The van der Waals surface area contributed by atoms with Gasteiger partial charge in [0.1, 0.15) is 5.82 Å². The number of nitrogens with zero attached hydrogens (tertiary/aromatic N) is 2. The van der Waals surface area contributed by atoms with Crippen LogP contribution in [0.25, 0.3) is 0 Å². The van der Waals surface area contributed by atoms with Gasteiger partial charge < -0.3 is 5.32 Å². The van der Waals surface area contributed by atoms with E-state index in [2.05, 4.69) is 37.3 Å². The molecule has 1 aromatic rings. The highest BCUT2D eigenvalue weighted by molar-refractivity contribution is 5.41. The third kappa shape index (κ3) is 1.09. The number of aromatic nitrogens is 2. The van der Waals surface area contributed by atoms with Crippen molar-refractivity contribution in [3.05, 3.63) is 11.8 Å². The van der Waals surface area contributed by atoms with Gasteiger partial charge in [-0.25, -0.2) is 4.68 Å². The lowest BCUT2D eigenvalue weighted by molar-refractivity contribution is 0.545. The van der Waals surface area contributed by atoms with Crippen LogP contribution in [-0.2, 0) is 12.0 Å². The van der Waals surface area contributed by atoms with E-state index in [1.807, 2.05) is 4.68 Å². The lowest BCUT2D eigenvalue weighted by Gasteiger charge is -2.14. The monoisotopic (exact) mass is 165 g/mol. The highest BCUT2D eigenvalue weighted by Crippen LogP contribution is 2.25. The average Bonchev–Trinajstić information content (AvgIpc) is 2.37. The summed E-state index contributed by atoms with van der Waals surface area (Å²) in [7, 11) is 0. The molecule has 3 heteroatoms. The van der Waals surface area contributed by atoms with Crippen molar-refractivity contribution in [3.63, 3.8) is 0 Å². The van der Waals surface area contributed by atoms with Crippen molar-refractivity contribution in [2.75, 3.05) is 11.9 Å². The van der Waals surface area contributed by atoms with Crippen LogP contribution in [0.4, 0.5) is 5.82 Å². The first-order valence-corrected chi connectivity index (χ1v) is 4.39. The van der Waals surface area contributed by atoms with Crippen LogP contribution in [0, 0.1) is 0 Å². The quantitative estimate of drug-likeness (QED) is 0.633. The summed E-state index contributed by atoms with van der Waals surface area (Å²) < 4.78 is 2.04. The van der Waals surface area contributed by atoms with Gasteiger partial charge in [0.05, 0.1) is 12.2 Å². The molecule has 0 atom stereocenters. The number of hydrogen-bond donors (Lipinski definition) is 1. The molecule has 0 aromatic carbocycles. The lowest BCUT2D eigenvalue weighted by atomic mass is 9.92. The summed E-state index contributed by atoms with van der Waals surface area (Å²) in [5.74, 6) is 1.17. The Morgan fingerprint density at radius 3 is 2.83 bits per heavy atom. The van der Waals surface area contributed by atoms with Crippen molar-refractivity contribution < 1.29 is 0 Å². The number of hydrogen-bond acceptors (Lipinski definition) is 2. The largest absolute Gasteiger partial charge is 0.368 e. The molecule has 1 aliphatic heterocycles. The minimum atomic E-state index is 0.166. The molecule has 0 fully saturated rings. The number of anilines is 1. The Labute approximate surface area is 72.8 Å². The zero-order valence-corrected chi connectivity index (χ0v) is 7.89. The molecule has 12 heavy (non-hydrogen) atoms. The fraction of sp³-hybridized carbons (Fsp3) is 0.667. The Kier molecular flexibility index (Phi) is 1.43. The maximum Gasteiger partial charge on any atom is 0.124 e. The topological polar surface area (TPSA) is 29.9 Å². The molecule has 2 heterocycles. The molecule has 0 aliphatic carbocycles. The lowest BCUT2D eigenvalue weighted by Crippen LogP contribution is -2.13. The molecule has 1 aromatic heterocycles. The van der Waals surface area contributed by atoms with Gasteiger partial charge in [0.15, 0.2) is 0 Å². The van der Waals surface area contributed by atoms with E-state index in [1.54, 1.807) is 0 Å². The normalized spacial score (nSPS) is 15.9. The highest BCUT2D eigenvalue weighted by atomic mass is 15.4. The summed E-state index contributed by atoms with van der Waals surface area (Å²) >= 11 is 0. The van der Waals surface area contributed by atoms with Gasteiger partial charge in [-0.3, -0.25) is 0 Å². The number of fused-ring (bicyclic) bond motifs is 1. The molecule has 1 N–H and O–H groups in total. The van der Waals surface area contributed by atoms with E-state index in [9.17, 15) is 0 Å². The maximum atomic E-state index is 4.52. The second kappa shape index (κ2) is 2.25. The SMILES string of the molecule is CC(C)(C)c1cc2n(n1)CCN2. The third-order valence-electron chi connectivity index (χ3n) is 2.18. The summed E-state index contributed by atoms with van der Waals surface area (Å²) in [6, 6.07) is 2.15. The molecule has 0 unspecified atom stereocenters. The zero-order chi connectivity index (χ0) is 8.77. The number of rotatable bonds is 0. The Hall–Kier alpha value is -0.990. The Balaban J connectivity index is 2.38. The molecular weight excluding hydrogens is 150 g/mol. The summed E-state index contributed by atoms with van der Waals surface area (Å²) in [5, 5.41) is 7.81. The highest BCUT2D eigenvalue weighted by Gasteiger charge is 2.21. The van der Waals surface area contributed by atoms with Crippen molar-refractivity contribution in [1.82, 2.24) is 9.78 Å². The van der Waals surface area contributed by atoms with Gasteiger partial charge in [-0.1, -0.05) is 20.8 Å². The molecular formula is C9H15N3. The standard InChI is InChI=1S/C9H15N3/c1-9(2,3)7-6-8-10-4-5-12(8)11-7/h6,10H,4-5H2,1-3H3. The van der Waals surface area contributed by atoms with Gasteiger partial charge in [0.25, 0.3) is 0 Å². The number of nitrogens with one attached hydrogen (secondary N) is 1. The predicted octanol–water partition coefficient (Wildman–Crippen LogP) is 1.61. The summed E-state index contributed by atoms with van der Waals surface area (Å²) in [6.07, 6.45) is 0. The smallest absolute Gasteiger partial charge is 0.124 e. The van der Waals surface area contributed by atoms with Gasteiger partial charge in [-0.2, -0.15) is 5.10 Å². The molecule has 0 saturated carbocycles. The van der Waals surface area contributed by atoms with Crippen LogP contribution < -0.4 is 5.32 Å². The van der Waals surface area contributed by atoms with Crippen LogP contribution >= 0.6 is 0 Å².